The van der Waals surface area contributed by atoms with Gasteiger partial charge in [-0.25, -0.2) is 9.97 Å². The second-order valence-electron chi connectivity index (χ2n) is 10.1. The first-order valence-electron chi connectivity index (χ1n) is 13.5. The zero-order valence-corrected chi connectivity index (χ0v) is 22.4. The van der Waals surface area contributed by atoms with Crippen LogP contribution >= 0.6 is 0 Å². The van der Waals surface area contributed by atoms with Crippen LogP contribution < -0.4 is 4.90 Å². The van der Waals surface area contributed by atoms with Gasteiger partial charge in [-0.15, -0.1) is 0 Å². The van der Waals surface area contributed by atoms with Crippen molar-refractivity contribution < 1.29 is 4.79 Å². The highest BCUT2D eigenvalue weighted by Gasteiger charge is 2.23. The molecule has 36 heavy (non-hydrogen) atoms. The minimum absolute atomic E-state index is 0.131. The molecular weight excluding hydrogens is 444 g/mol. The topological polar surface area (TPSA) is 49.3 Å². The van der Waals surface area contributed by atoms with Crippen LogP contribution in [0, 0.1) is 20.8 Å². The van der Waals surface area contributed by atoms with Crippen LogP contribution in [0.2, 0.25) is 0 Å². The lowest BCUT2D eigenvalue weighted by Gasteiger charge is -2.26. The van der Waals surface area contributed by atoms with E-state index in [0.29, 0.717) is 6.54 Å². The van der Waals surface area contributed by atoms with Gasteiger partial charge in [0, 0.05) is 49.4 Å². The Kier molecular flexibility index (Phi) is 8.74. The Morgan fingerprint density at radius 2 is 1.56 bits per heavy atom. The van der Waals surface area contributed by atoms with Crippen LogP contribution in [-0.4, -0.2) is 47.0 Å². The molecule has 0 radical (unpaired) electrons. The molecule has 1 aliphatic heterocycles. The maximum absolute atomic E-state index is 13.3. The van der Waals surface area contributed by atoms with Crippen molar-refractivity contribution in [2.45, 2.75) is 66.2 Å². The fraction of sp³-hybridized carbons (Fsp3) is 0.452. The summed E-state index contributed by atoms with van der Waals surface area (Å²) in [6, 6.07) is 16.9. The van der Waals surface area contributed by atoms with Crippen LogP contribution in [0.5, 0.6) is 0 Å². The van der Waals surface area contributed by atoms with Gasteiger partial charge in [0.1, 0.15) is 11.6 Å². The molecule has 4 rings (SSSR count). The number of aryl methyl sites for hydroxylation is 4. The number of hydrogen-bond donors (Lipinski definition) is 0. The molecular formula is C31H40N4O. The fourth-order valence-corrected chi connectivity index (χ4v) is 5.00. The Labute approximate surface area is 216 Å². The molecule has 0 unspecified atom stereocenters. The first-order valence-corrected chi connectivity index (χ1v) is 13.5. The summed E-state index contributed by atoms with van der Waals surface area (Å²) in [6.07, 6.45) is 6.51. The van der Waals surface area contributed by atoms with Gasteiger partial charge in [0.05, 0.1) is 0 Å². The standard InChI is InChI=1S/C31H40N4O/c1-5-6-7-9-26-14-16-28(17-15-26)31(36)35-19-8-18-34(20-21-35)30-29(24(3)32-25(4)33-30)22-27-12-10-23(2)11-13-27/h10-17H,5-9,18-22H2,1-4H3. The van der Waals surface area contributed by atoms with Gasteiger partial charge in [0.25, 0.3) is 5.91 Å². The molecule has 1 saturated heterocycles. The Balaban J connectivity index is 1.46. The van der Waals surface area contributed by atoms with E-state index in [0.717, 1.165) is 61.8 Å². The highest BCUT2D eigenvalue weighted by atomic mass is 16.2. The van der Waals surface area contributed by atoms with E-state index in [1.807, 2.05) is 24.0 Å². The highest BCUT2D eigenvalue weighted by Crippen LogP contribution is 2.26. The lowest BCUT2D eigenvalue weighted by atomic mass is 10.0. The number of aromatic nitrogens is 2. The van der Waals surface area contributed by atoms with Crippen molar-refractivity contribution in [1.29, 1.82) is 0 Å². The van der Waals surface area contributed by atoms with Gasteiger partial charge in [-0.2, -0.15) is 0 Å². The Morgan fingerprint density at radius 3 is 2.28 bits per heavy atom. The van der Waals surface area contributed by atoms with E-state index in [9.17, 15) is 4.79 Å². The molecule has 0 aliphatic carbocycles. The minimum Gasteiger partial charge on any atom is -0.354 e. The number of rotatable bonds is 8. The van der Waals surface area contributed by atoms with E-state index in [1.54, 1.807) is 0 Å². The highest BCUT2D eigenvalue weighted by molar-refractivity contribution is 5.94. The predicted octanol–water partition coefficient (Wildman–Crippen LogP) is 6.08. The first-order chi connectivity index (χ1) is 17.4. The number of anilines is 1. The maximum Gasteiger partial charge on any atom is 0.253 e. The lowest BCUT2D eigenvalue weighted by molar-refractivity contribution is 0.0767. The van der Waals surface area contributed by atoms with E-state index >= 15 is 0 Å². The molecule has 2 heterocycles. The number of benzene rings is 2. The van der Waals surface area contributed by atoms with Crippen molar-refractivity contribution in [3.63, 3.8) is 0 Å². The van der Waals surface area contributed by atoms with Crippen molar-refractivity contribution >= 4 is 11.7 Å². The smallest absolute Gasteiger partial charge is 0.253 e. The quantitative estimate of drug-likeness (QED) is 0.364. The first kappa shape index (κ1) is 25.9. The van der Waals surface area contributed by atoms with E-state index in [4.69, 9.17) is 4.98 Å². The summed E-state index contributed by atoms with van der Waals surface area (Å²) >= 11 is 0. The van der Waals surface area contributed by atoms with E-state index in [1.165, 1.54) is 41.5 Å². The normalized spacial score (nSPS) is 14.1. The third kappa shape index (κ3) is 6.51. The Bertz CT molecular complexity index is 1150. The van der Waals surface area contributed by atoms with E-state index in [2.05, 4.69) is 67.1 Å². The molecule has 1 aromatic heterocycles. The molecule has 0 spiro atoms. The monoisotopic (exact) mass is 484 g/mol. The zero-order valence-electron chi connectivity index (χ0n) is 22.4. The van der Waals surface area contributed by atoms with Crippen LogP contribution in [0.3, 0.4) is 0 Å². The maximum atomic E-state index is 13.3. The number of nitrogens with zero attached hydrogens (tertiary/aromatic N) is 4. The molecule has 0 atom stereocenters. The van der Waals surface area contributed by atoms with Crippen LogP contribution in [0.1, 0.15) is 76.7 Å². The number of carbonyl (C=O) groups is 1. The Hall–Kier alpha value is -3.21. The molecule has 0 N–H and O–H groups in total. The van der Waals surface area contributed by atoms with Crippen molar-refractivity contribution in [3.8, 4) is 0 Å². The third-order valence-corrected chi connectivity index (χ3v) is 7.16. The van der Waals surface area contributed by atoms with Crippen LogP contribution in [0.25, 0.3) is 0 Å². The van der Waals surface area contributed by atoms with Crippen molar-refractivity contribution in [2.75, 3.05) is 31.1 Å². The molecule has 5 nitrogen and oxygen atoms in total. The average molecular weight is 485 g/mol. The second-order valence-corrected chi connectivity index (χ2v) is 10.1. The molecule has 2 aromatic carbocycles. The van der Waals surface area contributed by atoms with Crippen LogP contribution in [-0.2, 0) is 12.8 Å². The molecule has 0 bridgehead atoms. The van der Waals surface area contributed by atoms with Crippen molar-refractivity contribution in [1.82, 2.24) is 14.9 Å². The van der Waals surface area contributed by atoms with Gasteiger partial charge in [-0.1, -0.05) is 61.7 Å². The molecule has 5 heteroatoms. The number of hydrogen-bond acceptors (Lipinski definition) is 4. The largest absolute Gasteiger partial charge is 0.354 e. The van der Waals surface area contributed by atoms with E-state index in [-0.39, 0.29) is 5.91 Å². The number of unbranched alkanes of at least 4 members (excludes halogenated alkanes) is 2. The Morgan fingerprint density at radius 1 is 0.833 bits per heavy atom. The van der Waals surface area contributed by atoms with E-state index < -0.39 is 0 Å². The second kappa shape index (κ2) is 12.2. The van der Waals surface area contributed by atoms with Crippen LogP contribution in [0.15, 0.2) is 48.5 Å². The minimum atomic E-state index is 0.131. The molecule has 190 valence electrons. The summed E-state index contributed by atoms with van der Waals surface area (Å²) in [5.41, 5.74) is 6.85. The average Bonchev–Trinajstić information content (AvgIpc) is 3.13. The predicted molar refractivity (Wildman–Crippen MR) is 148 cm³/mol. The summed E-state index contributed by atoms with van der Waals surface area (Å²) in [6.45, 7) is 11.5. The fourth-order valence-electron chi connectivity index (χ4n) is 5.00. The summed E-state index contributed by atoms with van der Waals surface area (Å²) in [5, 5.41) is 0. The number of carbonyl (C=O) groups excluding carboxylic acids is 1. The summed E-state index contributed by atoms with van der Waals surface area (Å²) < 4.78 is 0. The number of amides is 1. The summed E-state index contributed by atoms with van der Waals surface area (Å²) in [4.78, 5) is 27.2. The third-order valence-electron chi connectivity index (χ3n) is 7.16. The van der Waals surface area contributed by atoms with Gasteiger partial charge in [-0.3, -0.25) is 4.79 Å². The zero-order chi connectivity index (χ0) is 25.5. The van der Waals surface area contributed by atoms with Gasteiger partial charge < -0.3 is 9.80 Å². The van der Waals surface area contributed by atoms with Crippen LogP contribution in [0.4, 0.5) is 5.82 Å². The summed E-state index contributed by atoms with van der Waals surface area (Å²) in [7, 11) is 0. The van der Waals surface area contributed by atoms with Gasteiger partial charge in [0.15, 0.2) is 0 Å². The molecule has 1 amide bonds. The lowest BCUT2D eigenvalue weighted by Crippen LogP contribution is -2.35. The van der Waals surface area contributed by atoms with Gasteiger partial charge in [0.2, 0.25) is 0 Å². The molecule has 1 aliphatic rings. The summed E-state index contributed by atoms with van der Waals surface area (Å²) in [5.74, 6) is 1.95. The van der Waals surface area contributed by atoms with Gasteiger partial charge >= 0.3 is 0 Å². The van der Waals surface area contributed by atoms with Gasteiger partial charge in [-0.05, 0) is 63.3 Å². The molecule has 1 fully saturated rings. The van der Waals surface area contributed by atoms with Crippen molar-refractivity contribution in [3.05, 3.63) is 87.9 Å². The van der Waals surface area contributed by atoms with Crippen molar-refractivity contribution in [2.24, 2.45) is 0 Å². The molecule has 0 saturated carbocycles. The SMILES string of the molecule is CCCCCc1ccc(C(=O)N2CCCN(c3nc(C)nc(C)c3Cc3ccc(C)cc3)CC2)cc1. The molecule has 3 aromatic rings.